The number of unbranched alkanes of at least 4 members (excludes halogenated alkanes) is 8. The Bertz CT molecular complexity index is 2700. The summed E-state index contributed by atoms with van der Waals surface area (Å²) >= 11 is 0. The summed E-state index contributed by atoms with van der Waals surface area (Å²) in [4.78, 5) is 78.0. The van der Waals surface area contributed by atoms with Crippen LogP contribution in [0.4, 0.5) is 23.0 Å². The molecule has 0 radical (unpaired) electrons. The fourth-order valence-electron chi connectivity index (χ4n) is 9.08. The minimum Gasteiger partial charge on any atom is -0.494 e. The monoisotopic (exact) mass is 999 g/mol. The fourth-order valence-corrected chi connectivity index (χ4v) is 9.08. The third kappa shape index (κ3) is 16.2. The highest BCUT2D eigenvalue weighted by Gasteiger charge is 2.29. The molecule has 1 fully saturated rings. The Hall–Kier alpha value is -7.11. The smallest absolute Gasteiger partial charge is 0.257 e. The lowest BCUT2D eigenvalue weighted by Crippen LogP contribution is -2.54. The van der Waals surface area contributed by atoms with Gasteiger partial charge in [0.05, 0.1) is 18.5 Å². The van der Waals surface area contributed by atoms with Crippen LogP contribution in [-0.4, -0.2) is 106 Å². The van der Waals surface area contributed by atoms with Crippen molar-refractivity contribution in [2.75, 3.05) is 55.4 Å². The van der Waals surface area contributed by atoms with Crippen LogP contribution in [0.2, 0.25) is 0 Å². The first-order valence-corrected chi connectivity index (χ1v) is 25.7. The number of aryl methyl sites for hydroxylation is 1. The molecular weight excluding hydrogens is 925 g/mol. The molecule has 3 heterocycles. The maximum absolute atomic E-state index is 13.4. The first kappa shape index (κ1) is 55.2. The van der Waals surface area contributed by atoms with E-state index in [4.69, 9.17) is 15.5 Å². The lowest BCUT2D eigenvalue weighted by Gasteiger charge is -2.36. The summed E-state index contributed by atoms with van der Waals surface area (Å²) in [5.41, 5.74) is 10.6. The molecule has 5 aromatic rings. The van der Waals surface area contributed by atoms with E-state index in [2.05, 4.69) is 37.7 Å². The van der Waals surface area contributed by atoms with E-state index in [1.165, 1.54) is 16.7 Å². The van der Waals surface area contributed by atoms with Crippen LogP contribution >= 0.6 is 0 Å². The number of pyridine rings is 1. The number of hydrogen-bond acceptors (Lipinski definition) is 12. The second kappa shape index (κ2) is 27.6. The van der Waals surface area contributed by atoms with Crippen LogP contribution < -0.4 is 42.2 Å². The summed E-state index contributed by atoms with van der Waals surface area (Å²) in [6, 6.07) is 22.3. The standard InChI is InChI=1S/C56H74N10O7/c1-6-49(67)60-41-22-19-23-43(35-41)66-51(69)33-39(4)44-37-59-56(63-53(44)66)62-46-26-25-42(36-48(46)73-5)64-28-30-65(31-29-64)50(68)24-17-12-10-8-7-9-11-13-18-27-58-54(71)47(32-38(2)3)61-55(72)52(70)45(57)34-40-20-15-14-16-21-40/h6,14-16,19-23,25-26,33,35-38,45,47,52,70H,1,7-13,17-18,24,27-32,34,57H2,2-5H3,(H,58,71)(H,60,67)(H,61,72)(H,59,62,63)/t45-,47+,52+/m1/s1. The number of anilines is 4. The van der Waals surface area contributed by atoms with Crippen molar-refractivity contribution in [2.24, 2.45) is 11.7 Å². The van der Waals surface area contributed by atoms with Gasteiger partial charge in [-0.1, -0.05) is 102 Å². The molecule has 3 aromatic carbocycles. The Morgan fingerprint density at radius 3 is 2.23 bits per heavy atom. The number of nitrogens with one attached hydrogen (secondary N) is 4. The van der Waals surface area contributed by atoms with Gasteiger partial charge in [0, 0.05) is 80.3 Å². The molecular formula is C56H74N10O7. The quantitative estimate of drug-likeness (QED) is 0.0229. The van der Waals surface area contributed by atoms with E-state index >= 15 is 0 Å². The number of carbonyl (C=O) groups is 4. The van der Waals surface area contributed by atoms with E-state index in [0.717, 1.165) is 74.6 Å². The van der Waals surface area contributed by atoms with E-state index in [1.54, 1.807) is 37.6 Å². The lowest BCUT2D eigenvalue weighted by molar-refractivity contribution is -0.135. The molecule has 0 aliphatic carbocycles. The minimum absolute atomic E-state index is 0.167. The molecule has 1 aliphatic heterocycles. The largest absolute Gasteiger partial charge is 0.494 e. The van der Waals surface area contributed by atoms with Gasteiger partial charge < -0.3 is 46.6 Å². The van der Waals surface area contributed by atoms with E-state index in [9.17, 15) is 29.1 Å². The molecule has 73 heavy (non-hydrogen) atoms. The number of carbonyl (C=O) groups excluding carboxylic acids is 4. The first-order chi connectivity index (χ1) is 35.2. The second-order valence-corrected chi connectivity index (χ2v) is 19.3. The topological polar surface area (TPSA) is 226 Å². The summed E-state index contributed by atoms with van der Waals surface area (Å²) in [6.45, 7) is 12.5. The minimum atomic E-state index is -1.42. The van der Waals surface area contributed by atoms with Gasteiger partial charge in [-0.3, -0.25) is 28.5 Å². The van der Waals surface area contributed by atoms with Gasteiger partial charge in [-0.15, -0.1) is 0 Å². The molecule has 7 N–H and O–H groups in total. The normalized spacial score (nSPS) is 13.8. The van der Waals surface area contributed by atoms with Gasteiger partial charge in [0.1, 0.15) is 17.9 Å². The number of amides is 4. The van der Waals surface area contributed by atoms with Crippen molar-refractivity contribution in [1.29, 1.82) is 0 Å². The molecule has 0 spiro atoms. The number of methoxy groups -OCH3 is 1. The van der Waals surface area contributed by atoms with Crippen LogP contribution in [-0.2, 0) is 25.6 Å². The van der Waals surface area contributed by atoms with Gasteiger partial charge in [-0.05, 0) is 86.1 Å². The Kier molecular flexibility index (Phi) is 20.9. The van der Waals surface area contributed by atoms with Crippen LogP contribution in [0, 0.1) is 12.8 Å². The van der Waals surface area contributed by atoms with E-state index in [1.807, 2.05) is 74.2 Å². The van der Waals surface area contributed by atoms with Crippen LogP contribution in [0.25, 0.3) is 16.7 Å². The van der Waals surface area contributed by atoms with Crippen LogP contribution in [0.5, 0.6) is 5.75 Å². The number of rotatable bonds is 27. The molecule has 390 valence electrons. The summed E-state index contributed by atoms with van der Waals surface area (Å²) in [5.74, 6) is -0.0189. The SMILES string of the molecule is C=CC(=O)Nc1cccc(-n2c(=O)cc(C)c3cnc(Nc4ccc(N5CCN(C(=O)CCCCCCCCCCCNC(=O)[C@H](CC(C)C)NC(=O)[C@@H](O)[C@H](N)Cc6ccccc6)CC5)cc4OC)nc32)c1. The molecule has 1 aliphatic rings. The molecule has 6 rings (SSSR count). The number of ether oxygens (including phenoxy) is 1. The third-order valence-corrected chi connectivity index (χ3v) is 13.1. The number of aliphatic hydroxyl groups excluding tert-OH is 1. The highest BCUT2D eigenvalue weighted by atomic mass is 16.5. The molecule has 0 unspecified atom stereocenters. The Morgan fingerprint density at radius 1 is 0.849 bits per heavy atom. The van der Waals surface area contributed by atoms with Gasteiger partial charge in [0.15, 0.2) is 5.65 Å². The van der Waals surface area contributed by atoms with Gasteiger partial charge >= 0.3 is 0 Å². The van der Waals surface area contributed by atoms with Crippen LogP contribution in [0.3, 0.4) is 0 Å². The van der Waals surface area contributed by atoms with Crippen molar-refractivity contribution in [3.63, 3.8) is 0 Å². The number of benzene rings is 3. The van der Waals surface area contributed by atoms with E-state index in [0.29, 0.717) is 85.8 Å². The summed E-state index contributed by atoms with van der Waals surface area (Å²) < 4.78 is 7.29. The van der Waals surface area contributed by atoms with Crippen LogP contribution in [0.15, 0.2) is 103 Å². The second-order valence-electron chi connectivity index (χ2n) is 19.3. The van der Waals surface area contributed by atoms with Gasteiger partial charge in [-0.2, -0.15) is 4.98 Å². The molecule has 1 saturated heterocycles. The maximum Gasteiger partial charge on any atom is 0.257 e. The number of aromatic nitrogens is 3. The molecule has 3 atom stereocenters. The molecule has 17 nitrogen and oxygen atoms in total. The number of nitrogens with two attached hydrogens (primary N) is 1. The number of fused-ring (bicyclic) bond motifs is 1. The molecule has 17 heteroatoms. The summed E-state index contributed by atoms with van der Waals surface area (Å²) in [5, 5.41) is 23.0. The number of aliphatic hydroxyl groups is 1. The molecule has 0 bridgehead atoms. The Balaban J connectivity index is 0.859. The zero-order valence-corrected chi connectivity index (χ0v) is 42.9. The molecule has 0 saturated carbocycles. The van der Waals surface area contributed by atoms with Crippen LogP contribution in [0.1, 0.15) is 95.6 Å². The van der Waals surface area contributed by atoms with Gasteiger partial charge in [-0.25, -0.2) is 4.98 Å². The predicted molar refractivity (Wildman–Crippen MR) is 288 cm³/mol. The molecule has 2 aromatic heterocycles. The lowest BCUT2D eigenvalue weighted by atomic mass is 9.99. The Morgan fingerprint density at radius 2 is 1.55 bits per heavy atom. The maximum atomic E-state index is 13.4. The zero-order valence-electron chi connectivity index (χ0n) is 42.9. The highest BCUT2D eigenvalue weighted by molar-refractivity contribution is 5.99. The highest BCUT2D eigenvalue weighted by Crippen LogP contribution is 2.33. The van der Waals surface area contributed by atoms with Gasteiger partial charge in [0.25, 0.3) is 11.5 Å². The summed E-state index contributed by atoms with van der Waals surface area (Å²) in [7, 11) is 1.60. The Labute approximate surface area is 429 Å². The van der Waals surface area contributed by atoms with E-state index in [-0.39, 0.29) is 35.1 Å². The van der Waals surface area contributed by atoms with Gasteiger partial charge in [0.2, 0.25) is 23.7 Å². The third-order valence-electron chi connectivity index (χ3n) is 13.1. The van der Waals surface area contributed by atoms with Crippen molar-refractivity contribution in [1.82, 2.24) is 30.1 Å². The first-order valence-electron chi connectivity index (χ1n) is 25.7. The molecule has 4 amide bonds. The number of piperazine rings is 1. The van der Waals surface area contributed by atoms with Crippen molar-refractivity contribution >= 4 is 57.7 Å². The van der Waals surface area contributed by atoms with E-state index < -0.39 is 24.1 Å². The summed E-state index contributed by atoms with van der Waals surface area (Å²) in [6.07, 6.45) is 12.1. The average molecular weight is 999 g/mol. The van der Waals surface area contributed by atoms with Crippen molar-refractivity contribution in [3.05, 3.63) is 119 Å². The zero-order chi connectivity index (χ0) is 52.3. The van der Waals surface area contributed by atoms with Crippen molar-refractivity contribution < 1.29 is 29.0 Å². The predicted octanol–water partition coefficient (Wildman–Crippen LogP) is 7.09. The number of nitrogens with zero attached hydrogens (tertiary/aromatic N) is 5. The number of hydrogen-bond donors (Lipinski definition) is 6. The average Bonchev–Trinajstić information content (AvgIpc) is 3.38. The fraction of sp³-hybridized carbons (Fsp3) is 0.446. The van der Waals surface area contributed by atoms with Crippen molar-refractivity contribution in [2.45, 2.75) is 116 Å². The van der Waals surface area contributed by atoms with Crippen molar-refractivity contribution in [3.8, 4) is 11.4 Å².